The van der Waals surface area contributed by atoms with Gasteiger partial charge in [-0.15, -0.1) is 0 Å². The predicted molar refractivity (Wildman–Crippen MR) is 107 cm³/mol. The molecule has 0 N–H and O–H groups in total. The van der Waals surface area contributed by atoms with E-state index in [1.807, 2.05) is 0 Å². The minimum atomic E-state index is -0.836. The highest BCUT2D eigenvalue weighted by atomic mass is 19.2. The molecule has 0 aliphatic heterocycles. The molecular formula is C24H34F2O. The molecule has 0 saturated heterocycles. The van der Waals surface area contributed by atoms with E-state index in [0.29, 0.717) is 18.3 Å². The van der Waals surface area contributed by atoms with Gasteiger partial charge in [0.1, 0.15) is 5.75 Å². The maximum atomic E-state index is 13.3. The van der Waals surface area contributed by atoms with Crippen LogP contribution in [0.3, 0.4) is 0 Å². The Morgan fingerprint density at radius 3 is 2.11 bits per heavy atom. The van der Waals surface area contributed by atoms with Gasteiger partial charge in [0, 0.05) is 6.07 Å². The van der Waals surface area contributed by atoms with Crippen molar-refractivity contribution in [2.45, 2.75) is 71.1 Å². The van der Waals surface area contributed by atoms with Gasteiger partial charge in [0.15, 0.2) is 11.6 Å². The van der Waals surface area contributed by atoms with E-state index in [2.05, 4.69) is 19.1 Å². The summed E-state index contributed by atoms with van der Waals surface area (Å²) in [5.41, 5.74) is 0. The zero-order chi connectivity index (χ0) is 19.1. The lowest BCUT2D eigenvalue weighted by Gasteiger charge is -2.37. The van der Waals surface area contributed by atoms with Crippen LogP contribution in [0.2, 0.25) is 0 Å². The SMILES string of the molecule is C/C=C/CC[C@H]1CC[C@H](C2CCC(COc3ccc(F)c(F)c3)CC2)CC1. The largest absolute Gasteiger partial charge is 0.493 e. The fourth-order valence-electron chi connectivity index (χ4n) is 5.05. The number of benzene rings is 1. The first-order valence-electron chi connectivity index (χ1n) is 10.8. The number of hydrogen-bond donors (Lipinski definition) is 0. The molecule has 2 fully saturated rings. The highest BCUT2D eigenvalue weighted by Crippen LogP contribution is 2.42. The van der Waals surface area contributed by atoms with Gasteiger partial charge in [-0.25, -0.2) is 8.78 Å². The van der Waals surface area contributed by atoms with Gasteiger partial charge in [-0.2, -0.15) is 0 Å². The predicted octanol–water partition coefficient (Wildman–Crippen LogP) is 7.31. The fourth-order valence-corrected chi connectivity index (χ4v) is 5.05. The van der Waals surface area contributed by atoms with E-state index in [4.69, 9.17) is 4.74 Å². The Morgan fingerprint density at radius 1 is 0.889 bits per heavy atom. The minimum absolute atomic E-state index is 0.437. The van der Waals surface area contributed by atoms with Gasteiger partial charge in [-0.1, -0.05) is 25.0 Å². The van der Waals surface area contributed by atoms with E-state index in [1.54, 1.807) is 0 Å². The highest BCUT2D eigenvalue weighted by molar-refractivity contribution is 5.23. The van der Waals surface area contributed by atoms with Crippen LogP contribution in [-0.2, 0) is 0 Å². The molecule has 3 heteroatoms. The smallest absolute Gasteiger partial charge is 0.162 e. The van der Waals surface area contributed by atoms with Crippen molar-refractivity contribution >= 4 is 0 Å². The molecule has 0 aromatic heterocycles. The van der Waals surface area contributed by atoms with Crippen molar-refractivity contribution < 1.29 is 13.5 Å². The van der Waals surface area contributed by atoms with Crippen molar-refractivity contribution in [2.75, 3.05) is 6.61 Å². The maximum absolute atomic E-state index is 13.3. The summed E-state index contributed by atoms with van der Waals surface area (Å²) in [6.07, 6.45) is 17.8. The van der Waals surface area contributed by atoms with Crippen LogP contribution in [0.15, 0.2) is 30.4 Å². The molecule has 1 aromatic carbocycles. The summed E-state index contributed by atoms with van der Waals surface area (Å²) in [6, 6.07) is 3.80. The molecule has 0 spiro atoms. The van der Waals surface area contributed by atoms with Crippen molar-refractivity contribution in [1.82, 2.24) is 0 Å². The standard InChI is InChI=1S/C24H34F2O/c1-2-3-4-5-18-6-10-20(11-7-18)21-12-8-19(9-13-21)17-27-22-14-15-23(25)24(26)16-22/h2-3,14-16,18-21H,4-13,17H2,1H3/b3-2+/t18-,19?,20-,21?. The molecule has 2 aliphatic carbocycles. The molecule has 0 heterocycles. The van der Waals surface area contributed by atoms with Crippen molar-refractivity contribution in [2.24, 2.45) is 23.7 Å². The summed E-state index contributed by atoms with van der Waals surface area (Å²) >= 11 is 0. The topological polar surface area (TPSA) is 9.23 Å². The molecule has 0 atom stereocenters. The molecule has 0 radical (unpaired) electrons. The van der Waals surface area contributed by atoms with Gasteiger partial charge < -0.3 is 4.74 Å². The van der Waals surface area contributed by atoms with Gasteiger partial charge in [0.05, 0.1) is 6.61 Å². The first kappa shape index (κ1) is 20.4. The quantitative estimate of drug-likeness (QED) is 0.453. The molecular weight excluding hydrogens is 342 g/mol. The molecule has 150 valence electrons. The normalized spacial score (nSPS) is 29.1. The zero-order valence-electron chi connectivity index (χ0n) is 16.6. The summed E-state index contributed by atoms with van der Waals surface area (Å²) in [4.78, 5) is 0. The molecule has 2 aliphatic rings. The number of halogens is 2. The fraction of sp³-hybridized carbons (Fsp3) is 0.667. The lowest BCUT2D eigenvalue weighted by molar-refractivity contribution is 0.122. The Bertz CT molecular complexity index is 596. The van der Waals surface area contributed by atoms with Gasteiger partial charge in [-0.05, 0) is 94.1 Å². The van der Waals surface area contributed by atoms with E-state index in [1.165, 1.54) is 70.3 Å². The van der Waals surface area contributed by atoms with E-state index < -0.39 is 11.6 Å². The van der Waals surface area contributed by atoms with Crippen molar-refractivity contribution in [3.05, 3.63) is 42.0 Å². The lowest BCUT2D eigenvalue weighted by Crippen LogP contribution is -2.27. The Balaban J connectivity index is 1.35. The number of rotatable bonds is 7. The van der Waals surface area contributed by atoms with Crippen LogP contribution in [-0.4, -0.2) is 6.61 Å². The van der Waals surface area contributed by atoms with E-state index >= 15 is 0 Å². The molecule has 0 bridgehead atoms. The third-order valence-corrected chi connectivity index (χ3v) is 6.80. The van der Waals surface area contributed by atoms with Crippen LogP contribution in [0.1, 0.15) is 71.1 Å². The van der Waals surface area contributed by atoms with Crippen LogP contribution in [0, 0.1) is 35.3 Å². The monoisotopic (exact) mass is 376 g/mol. The van der Waals surface area contributed by atoms with Gasteiger partial charge in [0.25, 0.3) is 0 Å². The van der Waals surface area contributed by atoms with E-state index in [9.17, 15) is 8.78 Å². The summed E-state index contributed by atoms with van der Waals surface area (Å²) < 4.78 is 32.0. The Hall–Kier alpha value is -1.38. The average Bonchev–Trinajstić information content (AvgIpc) is 2.70. The van der Waals surface area contributed by atoms with Gasteiger partial charge in [0.2, 0.25) is 0 Å². The summed E-state index contributed by atoms with van der Waals surface area (Å²) in [7, 11) is 0. The van der Waals surface area contributed by atoms with Crippen molar-refractivity contribution in [1.29, 1.82) is 0 Å². The molecule has 0 amide bonds. The number of hydrogen-bond acceptors (Lipinski definition) is 1. The summed E-state index contributed by atoms with van der Waals surface area (Å²) in [5.74, 6) is 2.09. The molecule has 0 unspecified atom stereocenters. The molecule has 1 nitrogen and oxygen atoms in total. The van der Waals surface area contributed by atoms with Crippen LogP contribution >= 0.6 is 0 Å². The maximum Gasteiger partial charge on any atom is 0.162 e. The Labute approximate surface area is 163 Å². The van der Waals surface area contributed by atoms with Crippen LogP contribution in [0.4, 0.5) is 8.78 Å². The third-order valence-electron chi connectivity index (χ3n) is 6.80. The summed E-state index contributed by atoms with van der Waals surface area (Å²) in [6.45, 7) is 2.73. The van der Waals surface area contributed by atoms with Crippen LogP contribution in [0.5, 0.6) is 5.75 Å². The zero-order valence-corrected chi connectivity index (χ0v) is 16.6. The van der Waals surface area contributed by atoms with Crippen LogP contribution in [0.25, 0.3) is 0 Å². The number of ether oxygens (including phenoxy) is 1. The molecule has 2 saturated carbocycles. The van der Waals surface area contributed by atoms with Crippen molar-refractivity contribution in [3.63, 3.8) is 0 Å². The second kappa shape index (κ2) is 10.2. The lowest BCUT2D eigenvalue weighted by atomic mass is 9.69. The van der Waals surface area contributed by atoms with Gasteiger partial charge >= 0.3 is 0 Å². The van der Waals surface area contributed by atoms with Gasteiger partial charge in [-0.3, -0.25) is 0 Å². The number of allylic oxidation sites excluding steroid dienone is 2. The molecule has 27 heavy (non-hydrogen) atoms. The third kappa shape index (κ3) is 6.05. The molecule has 3 rings (SSSR count). The minimum Gasteiger partial charge on any atom is -0.493 e. The average molecular weight is 377 g/mol. The first-order chi connectivity index (χ1) is 13.2. The van der Waals surface area contributed by atoms with Crippen molar-refractivity contribution in [3.8, 4) is 5.75 Å². The molecule has 1 aromatic rings. The highest BCUT2D eigenvalue weighted by Gasteiger charge is 2.30. The Morgan fingerprint density at radius 2 is 1.52 bits per heavy atom. The second-order valence-corrected chi connectivity index (χ2v) is 8.59. The Kier molecular flexibility index (Phi) is 7.72. The second-order valence-electron chi connectivity index (χ2n) is 8.59. The van der Waals surface area contributed by atoms with Crippen LogP contribution < -0.4 is 4.74 Å². The van der Waals surface area contributed by atoms with E-state index in [-0.39, 0.29) is 0 Å². The first-order valence-corrected chi connectivity index (χ1v) is 10.8. The summed E-state index contributed by atoms with van der Waals surface area (Å²) in [5, 5.41) is 0. The van der Waals surface area contributed by atoms with E-state index in [0.717, 1.165) is 29.9 Å².